The lowest BCUT2D eigenvalue weighted by Crippen LogP contribution is -2.40. The highest BCUT2D eigenvalue weighted by Gasteiger charge is 2.33. The molecule has 0 saturated carbocycles. The summed E-state index contributed by atoms with van der Waals surface area (Å²) in [4.78, 5) is 10.4. The van der Waals surface area contributed by atoms with Gasteiger partial charge >= 0.3 is 0 Å². The molecule has 1 unspecified atom stereocenters. The Balaban J connectivity index is 1.46. The van der Waals surface area contributed by atoms with E-state index in [0.29, 0.717) is 18.4 Å². The number of fused-ring (bicyclic) bond motifs is 1. The van der Waals surface area contributed by atoms with Gasteiger partial charge in [-0.15, -0.1) is 0 Å². The largest absolute Gasteiger partial charge is 0.469 e. The molecule has 7 nitrogen and oxygen atoms in total. The molecule has 0 amide bonds. The molecule has 1 saturated heterocycles. The monoisotopic (exact) mass is 329 g/mol. The number of nitrogens with two attached hydrogens (primary N) is 1. The van der Waals surface area contributed by atoms with Crippen LogP contribution in [0, 0.1) is 0 Å². The molecule has 0 bridgehead atoms. The van der Waals surface area contributed by atoms with E-state index >= 15 is 0 Å². The van der Waals surface area contributed by atoms with Gasteiger partial charge in [-0.05, 0) is 25.3 Å². The number of nitrogens with zero attached hydrogens (tertiary/aromatic N) is 3. The fourth-order valence-corrected chi connectivity index (χ4v) is 3.86. The molecular weight excluding hydrogens is 306 g/mol. The van der Waals surface area contributed by atoms with Crippen LogP contribution in [0.2, 0.25) is 0 Å². The Bertz CT molecular complexity index is 704. The number of anilines is 2. The van der Waals surface area contributed by atoms with Crippen LogP contribution in [0.1, 0.15) is 36.6 Å². The third-order valence-electron chi connectivity index (χ3n) is 5.01. The van der Waals surface area contributed by atoms with E-state index in [-0.39, 0.29) is 12.1 Å². The summed E-state index contributed by atoms with van der Waals surface area (Å²) in [6.45, 7) is 1.36. The third kappa shape index (κ3) is 2.97. The SMILES string of the molecule is Nc1cc(N2C[C@H](O)C[C@@H]2CNC2CCCc3occc32)ncn1. The number of hydrogen-bond acceptors (Lipinski definition) is 7. The minimum absolute atomic E-state index is 0.187. The first-order valence-corrected chi connectivity index (χ1v) is 8.52. The number of aryl methyl sites for hydroxylation is 1. The molecule has 3 atom stereocenters. The standard InChI is InChI=1S/C17H23N5O2/c18-16-7-17(21-10-20-16)22-9-12(23)6-11(22)8-19-14-2-1-3-15-13(14)4-5-24-15/h4-5,7,10-12,14,19,23H,1-3,6,8-9H2,(H2,18,20,21)/t11-,12-,14?/m1/s1. The van der Waals surface area contributed by atoms with Crippen LogP contribution in [-0.4, -0.2) is 40.3 Å². The normalized spacial score (nSPS) is 26.5. The Hall–Kier alpha value is -2.12. The second-order valence-electron chi connectivity index (χ2n) is 6.65. The summed E-state index contributed by atoms with van der Waals surface area (Å²) >= 11 is 0. The fourth-order valence-electron chi connectivity index (χ4n) is 3.86. The predicted octanol–water partition coefficient (Wildman–Crippen LogP) is 1.26. The zero-order chi connectivity index (χ0) is 16.5. The summed E-state index contributed by atoms with van der Waals surface area (Å²) in [5, 5.41) is 13.8. The van der Waals surface area contributed by atoms with Crippen molar-refractivity contribution in [1.82, 2.24) is 15.3 Å². The van der Waals surface area contributed by atoms with E-state index in [1.54, 1.807) is 12.3 Å². The highest BCUT2D eigenvalue weighted by Crippen LogP contribution is 2.31. The third-order valence-corrected chi connectivity index (χ3v) is 5.01. The van der Waals surface area contributed by atoms with Crippen LogP contribution in [0.3, 0.4) is 0 Å². The van der Waals surface area contributed by atoms with Gasteiger partial charge in [-0.3, -0.25) is 0 Å². The first-order chi connectivity index (χ1) is 11.7. The van der Waals surface area contributed by atoms with Gasteiger partial charge in [0.1, 0.15) is 23.7 Å². The maximum atomic E-state index is 10.1. The molecule has 2 aromatic heterocycles. The number of nitrogens with one attached hydrogen (secondary N) is 1. The predicted molar refractivity (Wildman–Crippen MR) is 90.6 cm³/mol. The Labute approximate surface area is 140 Å². The van der Waals surface area contributed by atoms with Crippen molar-refractivity contribution in [1.29, 1.82) is 0 Å². The topological polar surface area (TPSA) is 100 Å². The zero-order valence-electron chi connectivity index (χ0n) is 13.6. The minimum Gasteiger partial charge on any atom is -0.469 e. The number of nitrogen functional groups attached to an aromatic ring is 1. The number of furan rings is 1. The maximum Gasteiger partial charge on any atom is 0.134 e. The molecule has 128 valence electrons. The van der Waals surface area contributed by atoms with Gasteiger partial charge in [0.05, 0.1) is 12.4 Å². The van der Waals surface area contributed by atoms with E-state index in [4.69, 9.17) is 10.2 Å². The number of aliphatic hydroxyl groups excluding tert-OH is 1. The lowest BCUT2D eigenvalue weighted by molar-refractivity contribution is 0.193. The molecule has 0 aromatic carbocycles. The summed E-state index contributed by atoms with van der Waals surface area (Å²) in [6.07, 6.45) is 6.90. The number of aliphatic hydroxyl groups is 1. The smallest absolute Gasteiger partial charge is 0.134 e. The van der Waals surface area contributed by atoms with Crippen molar-refractivity contribution in [2.24, 2.45) is 0 Å². The molecule has 2 aromatic rings. The lowest BCUT2D eigenvalue weighted by Gasteiger charge is -2.29. The molecule has 1 fully saturated rings. The average Bonchev–Trinajstić information content (AvgIpc) is 3.19. The summed E-state index contributed by atoms with van der Waals surface area (Å²) in [5.41, 5.74) is 7.05. The van der Waals surface area contributed by atoms with Crippen molar-refractivity contribution < 1.29 is 9.52 Å². The molecule has 7 heteroatoms. The van der Waals surface area contributed by atoms with Crippen LogP contribution in [0.4, 0.5) is 11.6 Å². The molecular formula is C17H23N5O2. The number of β-amino-alcohol motifs (C(OH)–C–C–N with tert-alkyl or cyclic N) is 1. The molecule has 0 spiro atoms. The lowest BCUT2D eigenvalue weighted by atomic mass is 9.93. The molecule has 1 aliphatic carbocycles. The minimum atomic E-state index is -0.344. The number of hydrogen-bond donors (Lipinski definition) is 3. The summed E-state index contributed by atoms with van der Waals surface area (Å²) < 4.78 is 5.56. The van der Waals surface area contributed by atoms with Gasteiger partial charge in [0.25, 0.3) is 0 Å². The van der Waals surface area contributed by atoms with Crippen molar-refractivity contribution in [3.05, 3.63) is 36.0 Å². The summed E-state index contributed by atoms with van der Waals surface area (Å²) in [6, 6.07) is 4.34. The highest BCUT2D eigenvalue weighted by molar-refractivity contribution is 5.48. The van der Waals surface area contributed by atoms with Gasteiger partial charge in [-0.1, -0.05) is 0 Å². The maximum absolute atomic E-state index is 10.1. The van der Waals surface area contributed by atoms with Crippen LogP contribution < -0.4 is 16.0 Å². The highest BCUT2D eigenvalue weighted by atomic mass is 16.3. The van der Waals surface area contributed by atoms with Crippen LogP contribution in [-0.2, 0) is 6.42 Å². The molecule has 24 heavy (non-hydrogen) atoms. The van der Waals surface area contributed by atoms with Crippen molar-refractivity contribution >= 4 is 11.6 Å². The van der Waals surface area contributed by atoms with Gasteiger partial charge in [0, 0.05) is 43.2 Å². The Kier molecular flexibility index (Phi) is 4.12. The first kappa shape index (κ1) is 15.4. The number of rotatable bonds is 4. The summed E-state index contributed by atoms with van der Waals surface area (Å²) in [5.74, 6) is 2.33. The van der Waals surface area contributed by atoms with Crippen LogP contribution >= 0.6 is 0 Å². The zero-order valence-corrected chi connectivity index (χ0v) is 13.6. The van der Waals surface area contributed by atoms with Gasteiger partial charge in [0.15, 0.2) is 0 Å². The van der Waals surface area contributed by atoms with Gasteiger partial charge in [0.2, 0.25) is 0 Å². The number of aromatic nitrogens is 2. The molecule has 0 radical (unpaired) electrons. The van der Waals surface area contributed by atoms with Gasteiger partial charge < -0.3 is 25.5 Å². The molecule has 2 aliphatic rings. The van der Waals surface area contributed by atoms with Crippen molar-refractivity contribution in [2.75, 3.05) is 23.7 Å². The molecule has 3 heterocycles. The Morgan fingerprint density at radius 3 is 3.21 bits per heavy atom. The fraction of sp³-hybridized carbons (Fsp3) is 0.529. The molecule has 1 aliphatic heterocycles. The van der Waals surface area contributed by atoms with Crippen molar-refractivity contribution in [3.63, 3.8) is 0 Å². The van der Waals surface area contributed by atoms with Crippen molar-refractivity contribution in [2.45, 2.75) is 43.9 Å². The second kappa shape index (κ2) is 6.41. The van der Waals surface area contributed by atoms with E-state index in [1.807, 2.05) is 0 Å². The Morgan fingerprint density at radius 2 is 2.33 bits per heavy atom. The van der Waals surface area contributed by atoms with E-state index in [9.17, 15) is 5.11 Å². The Morgan fingerprint density at radius 1 is 1.42 bits per heavy atom. The molecule has 4 N–H and O–H groups in total. The van der Waals surface area contributed by atoms with E-state index in [1.165, 1.54) is 11.9 Å². The van der Waals surface area contributed by atoms with Crippen LogP contribution in [0.15, 0.2) is 29.1 Å². The van der Waals surface area contributed by atoms with Crippen LogP contribution in [0.25, 0.3) is 0 Å². The average molecular weight is 329 g/mol. The quantitative estimate of drug-likeness (QED) is 0.776. The second-order valence-corrected chi connectivity index (χ2v) is 6.65. The van der Waals surface area contributed by atoms with E-state index < -0.39 is 0 Å². The van der Waals surface area contributed by atoms with E-state index in [0.717, 1.165) is 43.8 Å². The molecule has 4 rings (SSSR count). The van der Waals surface area contributed by atoms with Gasteiger partial charge in [-0.2, -0.15) is 0 Å². The van der Waals surface area contributed by atoms with Crippen molar-refractivity contribution in [3.8, 4) is 0 Å². The first-order valence-electron chi connectivity index (χ1n) is 8.52. The summed E-state index contributed by atoms with van der Waals surface area (Å²) in [7, 11) is 0. The van der Waals surface area contributed by atoms with Gasteiger partial charge in [-0.25, -0.2) is 9.97 Å². The van der Waals surface area contributed by atoms with Crippen LogP contribution in [0.5, 0.6) is 0 Å². The van der Waals surface area contributed by atoms with E-state index in [2.05, 4.69) is 26.3 Å².